The number of carbonyl (C=O) groups is 3. The molecule has 0 heterocycles. The molecule has 0 aliphatic heterocycles. The van der Waals surface area contributed by atoms with Crippen molar-refractivity contribution in [2.45, 2.75) is 44.8 Å². The number of guanidine groups is 1. The van der Waals surface area contributed by atoms with Crippen molar-refractivity contribution in [1.82, 2.24) is 10.6 Å². The molecule has 14 nitrogen and oxygen atoms in total. The summed E-state index contributed by atoms with van der Waals surface area (Å²) in [5.41, 5.74) is 16.5. The predicted molar refractivity (Wildman–Crippen MR) is 125 cm³/mol. The van der Waals surface area contributed by atoms with E-state index < -0.39 is 47.4 Å². The summed E-state index contributed by atoms with van der Waals surface area (Å²) in [7, 11) is 0. The Morgan fingerprint density at radius 3 is 2.15 bits per heavy atom. The third-order valence-corrected chi connectivity index (χ3v) is 4.76. The van der Waals surface area contributed by atoms with Crippen LogP contribution in [0.4, 0.5) is 11.4 Å². The van der Waals surface area contributed by atoms with Gasteiger partial charge in [-0.1, -0.05) is 13.8 Å². The summed E-state index contributed by atoms with van der Waals surface area (Å²) >= 11 is 0. The molecule has 0 aromatic heterocycles. The van der Waals surface area contributed by atoms with E-state index in [1.807, 2.05) is 0 Å². The molecule has 188 valence electrons. The second kappa shape index (κ2) is 13.7. The van der Waals surface area contributed by atoms with Gasteiger partial charge in [0.2, 0.25) is 17.7 Å². The summed E-state index contributed by atoms with van der Waals surface area (Å²) in [6.45, 7) is 2.94. The number of nitro benzene ring substituents is 1. The van der Waals surface area contributed by atoms with E-state index >= 15 is 0 Å². The summed E-state index contributed by atoms with van der Waals surface area (Å²) in [6.07, 6.45) is 0.448. The Bertz CT molecular complexity index is 886. The molecule has 0 bridgehead atoms. The number of aliphatic hydroxyl groups is 1. The smallest absolute Gasteiger partial charge is 0.269 e. The number of nitrogens with zero attached hydrogens (tertiary/aromatic N) is 2. The highest BCUT2D eigenvalue weighted by atomic mass is 16.6. The Morgan fingerprint density at radius 1 is 1.06 bits per heavy atom. The van der Waals surface area contributed by atoms with Crippen LogP contribution in [0.5, 0.6) is 0 Å². The zero-order chi connectivity index (χ0) is 25.8. The Balaban J connectivity index is 2.92. The van der Waals surface area contributed by atoms with E-state index in [9.17, 15) is 29.6 Å². The molecule has 3 amide bonds. The molecule has 14 heteroatoms. The monoisotopic (exact) mass is 480 g/mol. The molecule has 0 aliphatic rings. The zero-order valence-electron chi connectivity index (χ0n) is 19.1. The number of aliphatic imine (C=N–C) groups is 1. The highest BCUT2D eigenvalue weighted by Gasteiger charge is 2.28. The molecule has 0 spiro atoms. The lowest BCUT2D eigenvalue weighted by Gasteiger charge is -2.23. The van der Waals surface area contributed by atoms with E-state index in [2.05, 4.69) is 20.9 Å². The molecule has 0 aliphatic carbocycles. The maximum absolute atomic E-state index is 12.8. The topological polar surface area (TPSA) is 241 Å². The Hall–Kier alpha value is -3.78. The first kappa shape index (κ1) is 28.3. The number of aliphatic hydroxyl groups excluding tert-OH is 1. The molecular weight excluding hydrogens is 448 g/mol. The van der Waals surface area contributed by atoms with Crippen LogP contribution in [0.3, 0.4) is 0 Å². The molecule has 0 fully saturated rings. The quantitative estimate of drug-likeness (QED) is 0.0572. The first-order chi connectivity index (χ1) is 16.0. The average Bonchev–Trinajstić information content (AvgIpc) is 2.78. The first-order valence-electron chi connectivity index (χ1n) is 10.5. The molecule has 0 unspecified atom stereocenters. The van der Waals surface area contributed by atoms with Crippen LogP contribution in [0, 0.1) is 16.0 Å². The van der Waals surface area contributed by atoms with E-state index in [1.165, 1.54) is 24.3 Å². The van der Waals surface area contributed by atoms with Gasteiger partial charge in [0.1, 0.15) is 12.1 Å². The second-order valence-electron chi connectivity index (χ2n) is 7.82. The number of carbonyl (C=O) groups excluding carboxylic acids is 3. The number of benzene rings is 1. The number of non-ortho nitro benzene ring substituents is 1. The summed E-state index contributed by atoms with van der Waals surface area (Å²) in [4.78, 5) is 51.7. The van der Waals surface area contributed by atoms with E-state index in [0.717, 1.165) is 0 Å². The zero-order valence-corrected chi connectivity index (χ0v) is 19.1. The number of rotatable bonds is 13. The number of anilines is 1. The third kappa shape index (κ3) is 9.38. The van der Waals surface area contributed by atoms with Crippen LogP contribution in [-0.2, 0) is 14.4 Å². The van der Waals surface area contributed by atoms with E-state index in [-0.39, 0.29) is 36.2 Å². The minimum Gasteiger partial charge on any atom is -0.394 e. The fourth-order valence-corrected chi connectivity index (χ4v) is 2.71. The van der Waals surface area contributed by atoms with Crippen LogP contribution in [-0.4, -0.2) is 65.0 Å². The number of nitrogens with two attached hydrogens (primary N) is 3. The van der Waals surface area contributed by atoms with Crippen LogP contribution in [0.15, 0.2) is 29.3 Å². The van der Waals surface area contributed by atoms with Gasteiger partial charge in [-0.2, -0.15) is 0 Å². The number of nitrogens with one attached hydrogen (secondary N) is 3. The molecule has 3 atom stereocenters. The van der Waals surface area contributed by atoms with Crippen LogP contribution >= 0.6 is 0 Å². The minimum atomic E-state index is -1.33. The van der Waals surface area contributed by atoms with Crippen LogP contribution in [0.25, 0.3) is 0 Å². The van der Waals surface area contributed by atoms with E-state index in [4.69, 9.17) is 17.2 Å². The number of hydrogen-bond acceptors (Lipinski definition) is 8. The normalized spacial score (nSPS) is 13.3. The van der Waals surface area contributed by atoms with Crippen molar-refractivity contribution < 1.29 is 24.4 Å². The van der Waals surface area contributed by atoms with Gasteiger partial charge in [0.25, 0.3) is 5.69 Å². The van der Waals surface area contributed by atoms with Crippen molar-refractivity contribution >= 4 is 35.1 Å². The maximum atomic E-state index is 12.8. The van der Waals surface area contributed by atoms with Gasteiger partial charge in [0.05, 0.1) is 17.6 Å². The fraction of sp³-hybridized carbons (Fsp3) is 0.500. The lowest BCUT2D eigenvalue weighted by molar-refractivity contribution is -0.384. The lowest BCUT2D eigenvalue weighted by atomic mass is 10.0. The van der Waals surface area contributed by atoms with Gasteiger partial charge in [-0.15, -0.1) is 0 Å². The molecule has 0 saturated heterocycles. The van der Waals surface area contributed by atoms with E-state index in [0.29, 0.717) is 6.42 Å². The molecule has 0 radical (unpaired) electrons. The van der Waals surface area contributed by atoms with Gasteiger partial charge >= 0.3 is 0 Å². The molecule has 34 heavy (non-hydrogen) atoms. The fourth-order valence-electron chi connectivity index (χ4n) is 2.71. The highest BCUT2D eigenvalue weighted by Crippen LogP contribution is 2.16. The second-order valence-corrected chi connectivity index (χ2v) is 7.82. The van der Waals surface area contributed by atoms with Crippen molar-refractivity contribution in [3.8, 4) is 0 Å². The van der Waals surface area contributed by atoms with Crippen LogP contribution in [0.2, 0.25) is 0 Å². The molecule has 1 aromatic carbocycles. The number of hydrogen-bond donors (Lipinski definition) is 7. The Kier molecular flexibility index (Phi) is 11.4. The summed E-state index contributed by atoms with van der Waals surface area (Å²) in [6, 6.07) is 1.83. The Morgan fingerprint density at radius 2 is 1.65 bits per heavy atom. The largest absolute Gasteiger partial charge is 0.394 e. The first-order valence-corrected chi connectivity index (χ1v) is 10.5. The van der Waals surface area contributed by atoms with Gasteiger partial charge in [-0.05, 0) is 30.9 Å². The lowest BCUT2D eigenvalue weighted by Crippen LogP contribution is -2.57. The molecule has 0 saturated carbocycles. The number of amides is 3. The van der Waals surface area contributed by atoms with Gasteiger partial charge < -0.3 is 38.3 Å². The molecule has 10 N–H and O–H groups in total. The van der Waals surface area contributed by atoms with Crippen molar-refractivity contribution in [3.63, 3.8) is 0 Å². The van der Waals surface area contributed by atoms with Crippen molar-refractivity contribution in [2.24, 2.45) is 28.1 Å². The summed E-state index contributed by atoms with van der Waals surface area (Å²) < 4.78 is 0. The summed E-state index contributed by atoms with van der Waals surface area (Å²) in [5.74, 6) is -2.35. The van der Waals surface area contributed by atoms with Gasteiger partial charge in [0.15, 0.2) is 5.96 Å². The SMILES string of the molecule is CC(C)[C@@H](N)C(=O)N[C@@H](CO)C(=O)N[C@@H](CCCN=C(N)N)C(=O)Nc1ccc([N+](=O)[O-])cc1. The van der Waals surface area contributed by atoms with Crippen LogP contribution < -0.4 is 33.2 Å². The van der Waals surface area contributed by atoms with Gasteiger partial charge in [0, 0.05) is 24.4 Å². The average molecular weight is 481 g/mol. The summed E-state index contributed by atoms with van der Waals surface area (Å²) in [5, 5.41) is 27.8. The van der Waals surface area contributed by atoms with Gasteiger partial charge in [-0.3, -0.25) is 29.5 Å². The van der Waals surface area contributed by atoms with Crippen molar-refractivity contribution in [2.75, 3.05) is 18.5 Å². The third-order valence-electron chi connectivity index (χ3n) is 4.76. The van der Waals surface area contributed by atoms with Crippen molar-refractivity contribution in [3.05, 3.63) is 34.4 Å². The predicted octanol–water partition coefficient (Wildman–Crippen LogP) is -1.47. The standard InChI is InChI=1S/C20H32N8O6/c1-11(2)16(21)19(32)27-15(10-29)18(31)26-14(4-3-9-24-20(22)23)17(30)25-12-5-7-13(8-6-12)28(33)34/h5-8,11,14-16,29H,3-4,9-10,21H2,1-2H3,(H,25,30)(H,26,31)(H,27,32)(H4,22,23,24)/t14-,15-,16+/m0/s1. The van der Waals surface area contributed by atoms with Crippen LogP contribution in [0.1, 0.15) is 26.7 Å². The molecule has 1 rings (SSSR count). The van der Waals surface area contributed by atoms with Crippen molar-refractivity contribution in [1.29, 1.82) is 0 Å². The maximum Gasteiger partial charge on any atom is 0.269 e. The highest BCUT2D eigenvalue weighted by molar-refractivity contribution is 5.98. The van der Waals surface area contributed by atoms with Gasteiger partial charge in [-0.25, -0.2) is 0 Å². The minimum absolute atomic E-state index is 0.124. The Labute approximate surface area is 196 Å². The molecule has 1 aromatic rings. The van der Waals surface area contributed by atoms with E-state index in [1.54, 1.807) is 13.8 Å². The number of nitro groups is 1. The molecular formula is C20H32N8O6.